The number of nitrogens with one attached hydrogen (secondary N) is 2. The molecular weight excluding hydrogens is 384 g/mol. The average Bonchev–Trinajstić information content (AvgIpc) is 2.95. The normalized spacial score (nSPS) is 12.0. The minimum absolute atomic E-state index is 0.119. The van der Waals surface area contributed by atoms with Gasteiger partial charge in [0.05, 0.1) is 11.9 Å². The van der Waals surface area contributed by atoms with E-state index < -0.39 is 6.04 Å². The highest BCUT2D eigenvalue weighted by molar-refractivity contribution is 7.18. The summed E-state index contributed by atoms with van der Waals surface area (Å²) in [5, 5.41) is 7.69. The Morgan fingerprint density at radius 1 is 1.26 bits per heavy atom. The van der Waals surface area contributed by atoms with Crippen molar-refractivity contribution >= 4 is 44.9 Å². The molecule has 0 aliphatic rings. The molecule has 0 bridgehead atoms. The first-order valence-electron chi connectivity index (χ1n) is 8.59. The Morgan fingerprint density at radius 2 is 2.00 bits per heavy atom. The van der Waals surface area contributed by atoms with Crippen LogP contribution in [0.15, 0.2) is 30.6 Å². The summed E-state index contributed by atoms with van der Waals surface area (Å²) >= 11 is 7.46. The predicted molar refractivity (Wildman–Crippen MR) is 110 cm³/mol. The highest BCUT2D eigenvalue weighted by Crippen LogP contribution is 2.32. The second-order valence-electron chi connectivity index (χ2n) is 6.15. The zero-order chi connectivity index (χ0) is 19.4. The van der Waals surface area contributed by atoms with Crippen molar-refractivity contribution in [3.8, 4) is 5.75 Å². The number of halogens is 1. The zero-order valence-electron chi connectivity index (χ0n) is 15.4. The summed E-state index contributed by atoms with van der Waals surface area (Å²) in [6.45, 7) is 6.69. The van der Waals surface area contributed by atoms with E-state index >= 15 is 0 Å². The molecule has 0 fully saturated rings. The van der Waals surface area contributed by atoms with Crippen LogP contribution >= 0.6 is 22.9 Å². The van der Waals surface area contributed by atoms with Crippen molar-refractivity contribution in [1.29, 1.82) is 0 Å². The van der Waals surface area contributed by atoms with Crippen LogP contribution in [0.5, 0.6) is 5.75 Å². The van der Waals surface area contributed by atoms with Crippen molar-refractivity contribution in [2.24, 2.45) is 0 Å². The summed E-state index contributed by atoms with van der Waals surface area (Å²) in [6, 6.07) is 6.67. The molecule has 27 heavy (non-hydrogen) atoms. The molecule has 0 radical (unpaired) electrons. The van der Waals surface area contributed by atoms with Crippen LogP contribution in [0, 0.1) is 13.8 Å². The first-order valence-corrected chi connectivity index (χ1v) is 9.78. The van der Waals surface area contributed by atoms with Crippen LogP contribution in [0.3, 0.4) is 0 Å². The van der Waals surface area contributed by atoms with Gasteiger partial charge in [-0.1, -0.05) is 11.6 Å². The second-order valence-corrected chi connectivity index (χ2v) is 7.78. The van der Waals surface area contributed by atoms with Gasteiger partial charge < -0.3 is 15.4 Å². The lowest BCUT2D eigenvalue weighted by Crippen LogP contribution is -2.39. The molecule has 0 aliphatic carbocycles. The van der Waals surface area contributed by atoms with Gasteiger partial charge in [-0.25, -0.2) is 9.97 Å². The summed E-state index contributed by atoms with van der Waals surface area (Å²) < 4.78 is 5.57. The number of thiophene rings is 1. The number of ether oxygens (including phenoxy) is 1. The molecule has 0 spiro atoms. The topological polar surface area (TPSA) is 76.1 Å². The van der Waals surface area contributed by atoms with E-state index in [2.05, 4.69) is 27.5 Å². The highest BCUT2D eigenvalue weighted by atomic mass is 35.5. The largest absolute Gasteiger partial charge is 0.492 e. The van der Waals surface area contributed by atoms with Gasteiger partial charge >= 0.3 is 0 Å². The fourth-order valence-corrected chi connectivity index (χ4v) is 3.71. The third-order valence-corrected chi connectivity index (χ3v) is 5.56. The predicted octanol–water partition coefficient (Wildman–Crippen LogP) is 3.96. The molecule has 1 aromatic carbocycles. The number of hydrogen-bond acceptors (Lipinski definition) is 6. The molecular formula is C19H21ClN4O2S. The maximum atomic E-state index is 12.3. The summed E-state index contributed by atoms with van der Waals surface area (Å²) in [6.07, 6.45) is 1.52. The van der Waals surface area contributed by atoms with Crippen LogP contribution < -0.4 is 15.4 Å². The van der Waals surface area contributed by atoms with Crippen molar-refractivity contribution in [3.05, 3.63) is 46.1 Å². The van der Waals surface area contributed by atoms with Crippen molar-refractivity contribution in [2.45, 2.75) is 26.8 Å². The number of aryl methyl sites for hydroxylation is 2. The molecule has 6 nitrogen and oxygen atoms in total. The van der Waals surface area contributed by atoms with Gasteiger partial charge in [0, 0.05) is 9.90 Å². The molecule has 2 heterocycles. The van der Waals surface area contributed by atoms with E-state index in [1.54, 1.807) is 42.5 Å². The maximum Gasteiger partial charge on any atom is 0.242 e. The minimum Gasteiger partial charge on any atom is -0.492 e. The molecule has 0 saturated heterocycles. The van der Waals surface area contributed by atoms with Crippen LogP contribution in [-0.2, 0) is 4.79 Å². The summed E-state index contributed by atoms with van der Waals surface area (Å²) in [5.74, 6) is 1.28. The van der Waals surface area contributed by atoms with Gasteiger partial charge in [-0.05, 0) is 50.6 Å². The number of anilines is 1. The van der Waals surface area contributed by atoms with Crippen LogP contribution in [0.1, 0.15) is 17.4 Å². The van der Waals surface area contributed by atoms with E-state index in [1.807, 2.05) is 6.92 Å². The van der Waals surface area contributed by atoms with Crippen LogP contribution in [0.2, 0.25) is 5.02 Å². The molecule has 1 atom stereocenters. The summed E-state index contributed by atoms with van der Waals surface area (Å²) in [4.78, 5) is 23.1. The minimum atomic E-state index is -0.432. The third kappa shape index (κ3) is 4.67. The number of hydrogen-bond donors (Lipinski definition) is 2. The molecule has 0 aliphatic heterocycles. The lowest BCUT2D eigenvalue weighted by molar-refractivity contribution is -0.121. The number of amides is 1. The van der Waals surface area contributed by atoms with Crippen molar-refractivity contribution < 1.29 is 9.53 Å². The number of rotatable bonds is 7. The number of fused-ring (bicyclic) bond motifs is 1. The fourth-order valence-electron chi connectivity index (χ4n) is 2.59. The number of carbonyl (C=O) groups is 1. The standard InChI is InChI=1S/C19H21ClN4O2S/c1-11-13(3)27-19-16(11)17(22-10-23-19)24-12(2)18(25)21-8-9-26-15-6-4-14(20)5-7-15/h4-7,10,12H,8-9H2,1-3H3,(H,21,25)(H,22,23,24)/t12-/m0/s1. The van der Waals surface area contributed by atoms with E-state index in [1.165, 1.54) is 11.2 Å². The monoisotopic (exact) mass is 404 g/mol. The Balaban J connectivity index is 1.53. The fraction of sp³-hybridized carbons (Fsp3) is 0.316. The van der Waals surface area contributed by atoms with E-state index in [-0.39, 0.29) is 5.91 Å². The number of aromatic nitrogens is 2. The molecule has 0 saturated carbocycles. The van der Waals surface area contributed by atoms with E-state index in [0.717, 1.165) is 15.8 Å². The Labute approximate surface area is 166 Å². The van der Waals surface area contributed by atoms with Crippen molar-refractivity contribution in [3.63, 3.8) is 0 Å². The van der Waals surface area contributed by atoms with Gasteiger partial charge in [0.25, 0.3) is 0 Å². The lowest BCUT2D eigenvalue weighted by Gasteiger charge is -2.15. The summed E-state index contributed by atoms with van der Waals surface area (Å²) in [5.41, 5.74) is 1.14. The molecule has 2 aromatic heterocycles. The SMILES string of the molecule is Cc1sc2ncnc(N[C@@H](C)C(=O)NCCOc3ccc(Cl)cc3)c2c1C. The smallest absolute Gasteiger partial charge is 0.242 e. The Bertz CT molecular complexity index is 943. The number of carbonyl (C=O) groups excluding carboxylic acids is 1. The molecule has 3 aromatic rings. The Morgan fingerprint density at radius 3 is 2.74 bits per heavy atom. The van der Waals surface area contributed by atoms with E-state index in [0.29, 0.717) is 29.7 Å². The number of nitrogens with zero attached hydrogens (tertiary/aromatic N) is 2. The van der Waals surface area contributed by atoms with Gasteiger partial charge in [0.1, 0.15) is 35.4 Å². The zero-order valence-corrected chi connectivity index (χ0v) is 16.9. The van der Waals surface area contributed by atoms with E-state index in [9.17, 15) is 4.79 Å². The maximum absolute atomic E-state index is 12.3. The van der Waals surface area contributed by atoms with Gasteiger partial charge in [-0.2, -0.15) is 0 Å². The Kier molecular flexibility index (Phi) is 6.13. The molecule has 0 unspecified atom stereocenters. The van der Waals surface area contributed by atoms with Gasteiger partial charge in [-0.15, -0.1) is 11.3 Å². The van der Waals surface area contributed by atoms with Crippen molar-refractivity contribution in [1.82, 2.24) is 15.3 Å². The van der Waals surface area contributed by atoms with Crippen molar-refractivity contribution in [2.75, 3.05) is 18.5 Å². The number of benzene rings is 1. The van der Waals surface area contributed by atoms with Gasteiger partial charge in [0.15, 0.2) is 0 Å². The lowest BCUT2D eigenvalue weighted by atomic mass is 10.2. The molecule has 1 amide bonds. The quantitative estimate of drug-likeness (QED) is 0.583. The van der Waals surface area contributed by atoms with Crippen LogP contribution in [0.4, 0.5) is 5.82 Å². The van der Waals surface area contributed by atoms with Crippen LogP contribution in [0.25, 0.3) is 10.2 Å². The molecule has 142 valence electrons. The first kappa shape index (κ1) is 19.4. The molecule has 8 heteroatoms. The third-order valence-electron chi connectivity index (χ3n) is 4.20. The van der Waals surface area contributed by atoms with Crippen LogP contribution in [-0.4, -0.2) is 35.1 Å². The average molecular weight is 405 g/mol. The Hall–Kier alpha value is -2.38. The highest BCUT2D eigenvalue weighted by Gasteiger charge is 2.17. The summed E-state index contributed by atoms with van der Waals surface area (Å²) in [7, 11) is 0. The molecule has 3 rings (SSSR count). The molecule has 2 N–H and O–H groups in total. The van der Waals surface area contributed by atoms with E-state index in [4.69, 9.17) is 16.3 Å². The van der Waals surface area contributed by atoms with Gasteiger partial charge in [-0.3, -0.25) is 4.79 Å². The first-order chi connectivity index (χ1) is 13.0. The van der Waals surface area contributed by atoms with Gasteiger partial charge in [0.2, 0.25) is 5.91 Å². The second kappa shape index (κ2) is 8.54.